The van der Waals surface area contributed by atoms with Crippen LogP contribution in [0.1, 0.15) is 20.3 Å². The molecule has 4 nitrogen and oxygen atoms in total. The van der Waals surface area contributed by atoms with Crippen molar-refractivity contribution in [1.29, 1.82) is 0 Å². The molecule has 0 radical (unpaired) electrons. The van der Waals surface area contributed by atoms with E-state index < -0.39 is 6.10 Å². The minimum Gasteiger partial charge on any atom is -0.497 e. The third-order valence-corrected chi connectivity index (χ3v) is 2.80. The quantitative estimate of drug-likeness (QED) is 0.771. The van der Waals surface area contributed by atoms with Gasteiger partial charge < -0.3 is 19.9 Å². The van der Waals surface area contributed by atoms with E-state index in [1.807, 2.05) is 18.2 Å². The van der Waals surface area contributed by atoms with E-state index in [-0.39, 0.29) is 19.0 Å². The molecule has 1 aromatic carbocycles. The van der Waals surface area contributed by atoms with Gasteiger partial charge in [0.25, 0.3) is 0 Å². The Bertz CT molecular complexity index is 349. The largest absolute Gasteiger partial charge is 0.497 e. The lowest BCUT2D eigenvalue weighted by molar-refractivity contribution is 0.104. The summed E-state index contributed by atoms with van der Waals surface area (Å²) in [6, 6.07) is 7.77. The fraction of sp³-hybridized carbons (Fsp3) is 0.571. The third-order valence-electron chi connectivity index (χ3n) is 2.80. The van der Waals surface area contributed by atoms with Gasteiger partial charge in [-0.3, -0.25) is 0 Å². The van der Waals surface area contributed by atoms with Crippen molar-refractivity contribution in [3.05, 3.63) is 24.3 Å². The molecule has 1 rings (SSSR count). The molecular weight excluding hydrogens is 266 g/mol. The summed E-state index contributed by atoms with van der Waals surface area (Å²) in [5.41, 5.74) is 0. The van der Waals surface area contributed by atoms with Crippen molar-refractivity contribution in [3.63, 3.8) is 0 Å². The Morgan fingerprint density at radius 2 is 2.00 bits per heavy atom. The number of halogens is 1. The van der Waals surface area contributed by atoms with Crippen molar-refractivity contribution >= 4 is 12.4 Å². The smallest absolute Gasteiger partial charge is 0.123 e. The molecule has 1 aromatic rings. The molecule has 0 amide bonds. The predicted molar refractivity (Wildman–Crippen MR) is 79.5 cm³/mol. The summed E-state index contributed by atoms with van der Waals surface area (Å²) in [7, 11) is 1.62. The van der Waals surface area contributed by atoms with E-state index in [0.717, 1.165) is 12.2 Å². The van der Waals surface area contributed by atoms with Crippen molar-refractivity contribution in [3.8, 4) is 11.5 Å². The first-order chi connectivity index (χ1) is 8.65. The lowest BCUT2D eigenvalue weighted by Gasteiger charge is -2.16. The maximum atomic E-state index is 9.76. The van der Waals surface area contributed by atoms with E-state index in [0.29, 0.717) is 18.3 Å². The Labute approximate surface area is 121 Å². The zero-order valence-electron chi connectivity index (χ0n) is 11.8. The summed E-state index contributed by atoms with van der Waals surface area (Å²) in [6.45, 7) is 5.02. The van der Waals surface area contributed by atoms with Crippen LogP contribution in [0.4, 0.5) is 0 Å². The van der Waals surface area contributed by atoms with Gasteiger partial charge in [-0.1, -0.05) is 13.0 Å². The van der Waals surface area contributed by atoms with Gasteiger partial charge in [0.2, 0.25) is 0 Å². The maximum Gasteiger partial charge on any atom is 0.123 e. The molecule has 2 unspecified atom stereocenters. The lowest BCUT2D eigenvalue weighted by atomic mass is 10.2. The first kappa shape index (κ1) is 18.0. The summed E-state index contributed by atoms with van der Waals surface area (Å²) in [6.07, 6.45) is 0.536. The first-order valence-electron chi connectivity index (χ1n) is 6.34. The SMILES string of the molecule is CCC(C)NCC(O)COc1cccc(OC)c1.Cl. The molecular formula is C14H24ClNO3. The van der Waals surface area contributed by atoms with Gasteiger partial charge in [0.1, 0.15) is 24.2 Å². The summed E-state index contributed by atoms with van der Waals surface area (Å²) in [5, 5.41) is 13.0. The van der Waals surface area contributed by atoms with Gasteiger partial charge in [-0.25, -0.2) is 0 Å². The highest BCUT2D eigenvalue weighted by molar-refractivity contribution is 5.85. The Balaban J connectivity index is 0.00000324. The molecule has 110 valence electrons. The number of aliphatic hydroxyl groups is 1. The van der Waals surface area contributed by atoms with E-state index in [1.165, 1.54) is 0 Å². The number of benzene rings is 1. The zero-order valence-corrected chi connectivity index (χ0v) is 12.6. The predicted octanol–water partition coefficient (Wildman–Crippen LogP) is 2.24. The van der Waals surface area contributed by atoms with E-state index in [1.54, 1.807) is 13.2 Å². The molecule has 0 spiro atoms. The van der Waals surface area contributed by atoms with Crippen LogP contribution >= 0.6 is 12.4 Å². The van der Waals surface area contributed by atoms with Gasteiger partial charge in [-0.05, 0) is 25.5 Å². The highest BCUT2D eigenvalue weighted by Gasteiger charge is 2.07. The monoisotopic (exact) mass is 289 g/mol. The van der Waals surface area contributed by atoms with Gasteiger partial charge in [-0.15, -0.1) is 12.4 Å². The highest BCUT2D eigenvalue weighted by Crippen LogP contribution is 2.18. The molecule has 0 aliphatic carbocycles. The molecule has 0 bridgehead atoms. The van der Waals surface area contributed by atoms with Gasteiger partial charge >= 0.3 is 0 Å². The van der Waals surface area contributed by atoms with Crippen molar-refractivity contribution in [1.82, 2.24) is 5.32 Å². The molecule has 19 heavy (non-hydrogen) atoms. The van der Waals surface area contributed by atoms with Crippen molar-refractivity contribution in [2.75, 3.05) is 20.3 Å². The fourth-order valence-electron chi connectivity index (χ4n) is 1.42. The van der Waals surface area contributed by atoms with Crippen molar-refractivity contribution in [2.45, 2.75) is 32.4 Å². The highest BCUT2D eigenvalue weighted by atomic mass is 35.5. The minimum absolute atomic E-state index is 0. The van der Waals surface area contributed by atoms with Crippen LogP contribution in [0, 0.1) is 0 Å². The summed E-state index contributed by atoms with van der Waals surface area (Å²) in [5.74, 6) is 1.46. The zero-order chi connectivity index (χ0) is 13.4. The number of ether oxygens (including phenoxy) is 2. The van der Waals surface area contributed by atoms with Crippen LogP contribution in [0.5, 0.6) is 11.5 Å². The van der Waals surface area contributed by atoms with E-state index >= 15 is 0 Å². The Morgan fingerprint density at radius 3 is 2.63 bits per heavy atom. The van der Waals surface area contributed by atoms with Crippen LogP contribution in [0.2, 0.25) is 0 Å². The Morgan fingerprint density at radius 1 is 1.32 bits per heavy atom. The molecule has 0 aromatic heterocycles. The van der Waals surface area contributed by atoms with Gasteiger partial charge in [0, 0.05) is 18.7 Å². The normalized spacial score (nSPS) is 13.3. The Hall–Kier alpha value is -0.970. The average Bonchev–Trinajstić information content (AvgIpc) is 2.42. The summed E-state index contributed by atoms with van der Waals surface area (Å²) in [4.78, 5) is 0. The third kappa shape index (κ3) is 7.25. The molecule has 2 atom stereocenters. The van der Waals surface area contributed by atoms with E-state index in [9.17, 15) is 5.11 Å². The van der Waals surface area contributed by atoms with Crippen LogP contribution in [0.25, 0.3) is 0 Å². The van der Waals surface area contributed by atoms with Crippen LogP contribution in [-0.2, 0) is 0 Å². The van der Waals surface area contributed by atoms with Crippen LogP contribution < -0.4 is 14.8 Å². The topological polar surface area (TPSA) is 50.7 Å². The second-order valence-electron chi connectivity index (χ2n) is 4.36. The van der Waals surface area contributed by atoms with Gasteiger partial charge in [-0.2, -0.15) is 0 Å². The number of hydrogen-bond donors (Lipinski definition) is 2. The average molecular weight is 290 g/mol. The minimum atomic E-state index is -0.509. The molecule has 0 heterocycles. The van der Waals surface area contributed by atoms with Crippen molar-refractivity contribution < 1.29 is 14.6 Å². The number of hydrogen-bond acceptors (Lipinski definition) is 4. The van der Waals surface area contributed by atoms with Crippen LogP contribution in [0.3, 0.4) is 0 Å². The lowest BCUT2D eigenvalue weighted by Crippen LogP contribution is -2.36. The first-order valence-corrected chi connectivity index (χ1v) is 6.34. The second-order valence-corrected chi connectivity index (χ2v) is 4.36. The van der Waals surface area contributed by atoms with Gasteiger partial charge in [0.15, 0.2) is 0 Å². The maximum absolute atomic E-state index is 9.76. The fourth-order valence-corrected chi connectivity index (χ4v) is 1.42. The standard InChI is InChI=1S/C14H23NO3.ClH/c1-4-11(2)15-9-12(16)10-18-14-7-5-6-13(8-14)17-3;/h5-8,11-12,15-16H,4,9-10H2,1-3H3;1H. The number of rotatable bonds is 8. The molecule has 2 N–H and O–H groups in total. The van der Waals surface area contributed by atoms with Crippen molar-refractivity contribution in [2.24, 2.45) is 0 Å². The summed E-state index contributed by atoms with van der Waals surface area (Å²) >= 11 is 0. The molecule has 0 saturated carbocycles. The number of aliphatic hydroxyl groups excluding tert-OH is 1. The van der Waals surface area contributed by atoms with E-state index in [2.05, 4.69) is 19.2 Å². The van der Waals surface area contributed by atoms with E-state index in [4.69, 9.17) is 9.47 Å². The molecule has 0 aliphatic heterocycles. The number of nitrogens with one attached hydrogen (secondary N) is 1. The number of methoxy groups -OCH3 is 1. The molecule has 0 aliphatic rings. The second kappa shape index (κ2) is 9.89. The molecule has 0 saturated heterocycles. The molecule has 5 heteroatoms. The summed E-state index contributed by atoms with van der Waals surface area (Å²) < 4.78 is 10.6. The van der Waals surface area contributed by atoms with Gasteiger partial charge in [0.05, 0.1) is 7.11 Å². The Kier molecular flexibility index (Phi) is 9.39. The van der Waals surface area contributed by atoms with Crippen LogP contribution in [0.15, 0.2) is 24.3 Å². The van der Waals surface area contributed by atoms with Crippen LogP contribution in [-0.4, -0.2) is 37.5 Å². The molecule has 0 fully saturated rings.